The van der Waals surface area contributed by atoms with Crippen molar-refractivity contribution >= 4 is 0 Å². The second-order valence-electron chi connectivity index (χ2n) is 5.50. The largest absolute Gasteiger partial charge is 0.351 e. The Balaban J connectivity index is 1.69. The van der Waals surface area contributed by atoms with E-state index in [-0.39, 0.29) is 0 Å². The molecule has 1 unspecified atom stereocenters. The first-order valence-corrected chi connectivity index (χ1v) is 6.78. The summed E-state index contributed by atoms with van der Waals surface area (Å²) in [6.07, 6.45) is 11.7. The van der Waals surface area contributed by atoms with Gasteiger partial charge in [0.05, 0.1) is 0 Å². The van der Waals surface area contributed by atoms with E-state index in [0.29, 0.717) is 6.04 Å². The highest BCUT2D eigenvalue weighted by Crippen LogP contribution is 2.32. The molecule has 0 saturated heterocycles. The second-order valence-corrected chi connectivity index (χ2v) is 5.50. The molecule has 0 aliphatic heterocycles. The van der Waals surface area contributed by atoms with Crippen LogP contribution in [-0.2, 0) is 13.0 Å². The third kappa shape index (κ3) is 1.80. The summed E-state index contributed by atoms with van der Waals surface area (Å²) in [6.45, 7) is 1.22. The van der Waals surface area contributed by atoms with E-state index in [1.54, 1.807) is 0 Å². The van der Waals surface area contributed by atoms with E-state index >= 15 is 0 Å². The van der Waals surface area contributed by atoms with Gasteiger partial charge in [-0.15, -0.1) is 0 Å². The summed E-state index contributed by atoms with van der Waals surface area (Å²) in [5, 5.41) is 0. The number of aryl methyl sites for hydroxylation is 1. The van der Waals surface area contributed by atoms with Crippen molar-refractivity contribution in [3.8, 4) is 0 Å². The minimum absolute atomic E-state index is 0.300. The fourth-order valence-corrected chi connectivity index (χ4v) is 3.11. The first-order chi connectivity index (χ1) is 7.84. The normalized spacial score (nSPS) is 25.2. The molecule has 3 rings (SSSR count). The molecule has 1 fully saturated rings. The molecular weight excluding hydrogens is 196 g/mol. The Labute approximate surface area is 97.8 Å². The van der Waals surface area contributed by atoms with Gasteiger partial charge < -0.3 is 10.3 Å². The van der Waals surface area contributed by atoms with Gasteiger partial charge in [-0.3, -0.25) is 0 Å². The molecule has 0 radical (unpaired) electrons. The number of hydrogen-bond donors (Lipinski definition) is 1. The van der Waals surface area contributed by atoms with E-state index in [2.05, 4.69) is 16.8 Å². The maximum absolute atomic E-state index is 6.14. The molecule has 0 amide bonds. The molecule has 0 bridgehead atoms. The van der Waals surface area contributed by atoms with E-state index in [1.165, 1.54) is 62.7 Å². The summed E-state index contributed by atoms with van der Waals surface area (Å²) in [5.74, 6) is 1.01. The summed E-state index contributed by atoms with van der Waals surface area (Å²) >= 11 is 0. The monoisotopic (exact) mass is 218 g/mol. The van der Waals surface area contributed by atoms with Gasteiger partial charge in [0, 0.05) is 24.5 Å². The van der Waals surface area contributed by atoms with Crippen molar-refractivity contribution in [1.82, 2.24) is 4.57 Å². The van der Waals surface area contributed by atoms with Crippen LogP contribution in [0.15, 0.2) is 12.3 Å². The lowest BCUT2D eigenvalue weighted by Crippen LogP contribution is -2.19. The first kappa shape index (κ1) is 10.4. The van der Waals surface area contributed by atoms with E-state index in [0.717, 1.165) is 5.92 Å². The van der Waals surface area contributed by atoms with E-state index in [9.17, 15) is 0 Å². The summed E-state index contributed by atoms with van der Waals surface area (Å²) in [7, 11) is 0. The van der Waals surface area contributed by atoms with Crippen LogP contribution in [0.5, 0.6) is 0 Å². The summed E-state index contributed by atoms with van der Waals surface area (Å²) < 4.78 is 2.46. The van der Waals surface area contributed by atoms with E-state index in [1.807, 2.05) is 0 Å². The van der Waals surface area contributed by atoms with Crippen molar-refractivity contribution in [3.05, 3.63) is 23.5 Å². The van der Waals surface area contributed by atoms with Crippen LogP contribution in [0.1, 0.15) is 55.8 Å². The van der Waals surface area contributed by atoms with Crippen LogP contribution in [0.3, 0.4) is 0 Å². The highest BCUT2D eigenvalue weighted by Gasteiger charge is 2.21. The van der Waals surface area contributed by atoms with Crippen LogP contribution in [0.4, 0.5) is 0 Å². The van der Waals surface area contributed by atoms with Crippen LogP contribution < -0.4 is 5.73 Å². The number of hydrogen-bond acceptors (Lipinski definition) is 1. The molecule has 16 heavy (non-hydrogen) atoms. The molecule has 2 N–H and O–H groups in total. The van der Waals surface area contributed by atoms with Crippen LogP contribution in [0.25, 0.3) is 0 Å². The third-order valence-electron chi connectivity index (χ3n) is 4.45. The average molecular weight is 218 g/mol. The van der Waals surface area contributed by atoms with Crippen molar-refractivity contribution in [2.75, 3.05) is 0 Å². The molecular formula is C14H22N2. The maximum Gasteiger partial charge on any atom is 0.0312 e. The number of nitrogens with two attached hydrogens (primary N) is 1. The Morgan fingerprint density at radius 3 is 2.88 bits per heavy atom. The molecule has 2 aliphatic carbocycles. The van der Waals surface area contributed by atoms with Crippen molar-refractivity contribution in [2.45, 2.75) is 57.5 Å². The molecule has 2 nitrogen and oxygen atoms in total. The molecule has 2 heteroatoms. The van der Waals surface area contributed by atoms with Gasteiger partial charge in [0.1, 0.15) is 0 Å². The Bertz CT molecular complexity index is 363. The van der Waals surface area contributed by atoms with Gasteiger partial charge in [-0.1, -0.05) is 19.3 Å². The van der Waals surface area contributed by atoms with Gasteiger partial charge in [-0.2, -0.15) is 0 Å². The van der Waals surface area contributed by atoms with Crippen LogP contribution in [0.2, 0.25) is 0 Å². The van der Waals surface area contributed by atoms with E-state index in [4.69, 9.17) is 5.73 Å². The van der Waals surface area contributed by atoms with Crippen LogP contribution in [-0.4, -0.2) is 4.57 Å². The Hall–Kier alpha value is -0.760. The standard InChI is InChI=1S/C14H22N2/c15-13-5-2-6-14-12(13)8-10-16(14)9-7-11-3-1-4-11/h8,10-11,13H,1-7,9,15H2. The molecule has 1 heterocycles. The van der Waals surface area contributed by atoms with Gasteiger partial charge in [0.15, 0.2) is 0 Å². The molecule has 88 valence electrons. The molecule has 0 spiro atoms. The molecule has 1 saturated carbocycles. The first-order valence-electron chi connectivity index (χ1n) is 6.78. The number of aromatic nitrogens is 1. The third-order valence-corrected chi connectivity index (χ3v) is 4.45. The minimum atomic E-state index is 0.300. The molecule has 1 atom stereocenters. The molecule has 2 aliphatic rings. The zero-order chi connectivity index (χ0) is 11.0. The predicted molar refractivity (Wildman–Crippen MR) is 66.3 cm³/mol. The van der Waals surface area contributed by atoms with Crippen LogP contribution in [0, 0.1) is 5.92 Å². The number of fused-ring (bicyclic) bond motifs is 1. The number of rotatable bonds is 3. The van der Waals surface area contributed by atoms with Crippen molar-refractivity contribution in [3.63, 3.8) is 0 Å². The Morgan fingerprint density at radius 1 is 1.25 bits per heavy atom. The smallest absolute Gasteiger partial charge is 0.0312 e. The minimum Gasteiger partial charge on any atom is -0.351 e. The van der Waals surface area contributed by atoms with Crippen molar-refractivity contribution in [1.29, 1.82) is 0 Å². The fourth-order valence-electron chi connectivity index (χ4n) is 3.11. The quantitative estimate of drug-likeness (QED) is 0.830. The topological polar surface area (TPSA) is 30.9 Å². The summed E-state index contributed by atoms with van der Waals surface area (Å²) in [4.78, 5) is 0. The molecule has 1 aromatic heterocycles. The Kier molecular flexibility index (Phi) is 2.76. The van der Waals surface area contributed by atoms with Crippen molar-refractivity contribution in [2.24, 2.45) is 11.7 Å². The highest BCUT2D eigenvalue weighted by molar-refractivity contribution is 5.28. The van der Waals surface area contributed by atoms with Gasteiger partial charge in [-0.05, 0) is 43.2 Å². The Morgan fingerprint density at radius 2 is 2.12 bits per heavy atom. The van der Waals surface area contributed by atoms with Gasteiger partial charge >= 0.3 is 0 Å². The lowest BCUT2D eigenvalue weighted by Gasteiger charge is -2.26. The zero-order valence-electron chi connectivity index (χ0n) is 9.99. The lowest BCUT2D eigenvalue weighted by molar-refractivity contribution is 0.281. The molecule has 0 aromatic carbocycles. The fraction of sp³-hybridized carbons (Fsp3) is 0.714. The highest BCUT2D eigenvalue weighted by atomic mass is 15.0. The maximum atomic E-state index is 6.14. The second kappa shape index (κ2) is 4.25. The van der Waals surface area contributed by atoms with Gasteiger partial charge in [0.2, 0.25) is 0 Å². The van der Waals surface area contributed by atoms with Gasteiger partial charge in [-0.25, -0.2) is 0 Å². The zero-order valence-corrected chi connectivity index (χ0v) is 9.99. The SMILES string of the molecule is NC1CCCc2c1ccn2CCC1CCC1. The predicted octanol–water partition coefficient (Wildman–Crippen LogP) is 3.01. The van der Waals surface area contributed by atoms with Gasteiger partial charge in [0.25, 0.3) is 0 Å². The van der Waals surface area contributed by atoms with E-state index < -0.39 is 0 Å². The summed E-state index contributed by atoms with van der Waals surface area (Å²) in [6, 6.07) is 2.55. The van der Waals surface area contributed by atoms with Crippen molar-refractivity contribution < 1.29 is 0 Å². The lowest BCUT2D eigenvalue weighted by atomic mass is 9.83. The molecule has 1 aromatic rings. The number of nitrogens with zero attached hydrogens (tertiary/aromatic N) is 1. The summed E-state index contributed by atoms with van der Waals surface area (Å²) in [5.41, 5.74) is 9.08. The van der Waals surface area contributed by atoms with Crippen LogP contribution >= 0.6 is 0 Å². The average Bonchev–Trinajstić information content (AvgIpc) is 2.61.